The maximum absolute atomic E-state index is 11.3. The van der Waals surface area contributed by atoms with E-state index in [0.29, 0.717) is 18.7 Å². The number of hydrogen-bond donors (Lipinski definition) is 0. The second-order valence-electron chi connectivity index (χ2n) is 2.78. The molecule has 0 saturated carbocycles. The maximum atomic E-state index is 11.3. The van der Waals surface area contributed by atoms with Gasteiger partial charge in [0, 0.05) is 0 Å². The van der Waals surface area contributed by atoms with Crippen LogP contribution in [0.25, 0.3) is 0 Å². The van der Waals surface area contributed by atoms with Crippen molar-refractivity contribution in [1.82, 2.24) is 0 Å². The highest BCUT2D eigenvalue weighted by Crippen LogP contribution is 2.27. The number of aliphatic imine (C=N–C) groups is 1. The van der Waals surface area contributed by atoms with Crippen molar-refractivity contribution >= 4 is 11.9 Å². The lowest BCUT2D eigenvalue weighted by atomic mass is 9.95. The van der Waals surface area contributed by atoms with Crippen molar-refractivity contribution in [2.75, 3.05) is 0 Å². The number of esters is 1. The van der Waals surface area contributed by atoms with Crippen molar-refractivity contribution in [3.63, 3.8) is 0 Å². The van der Waals surface area contributed by atoms with Gasteiger partial charge in [0.1, 0.15) is 0 Å². The van der Waals surface area contributed by atoms with E-state index in [-0.39, 0.29) is 5.97 Å². The molecular formula is C9H13NO2. The lowest BCUT2D eigenvalue weighted by Crippen LogP contribution is -2.31. The molecule has 0 aliphatic carbocycles. The minimum Gasteiger partial charge on any atom is -0.406 e. The van der Waals surface area contributed by atoms with E-state index in [1.807, 2.05) is 13.8 Å². The fourth-order valence-corrected chi connectivity index (χ4v) is 1.25. The predicted molar refractivity (Wildman–Crippen MR) is 47.0 cm³/mol. The SMILES string of the molecule is C=CC1=NC(CC)(CC)C(=O)O1. The fourth-order valence-electron chi connectivity index (χ4n) is 1.25. The molecule has 66 valence electrons. The van der Waals surface area contributed by atoms with Gasteiger partial charge in [-0.3, -0.25) is 0 Å². The van der Waals surface area contributed by atoms with Crippen LogP contribution < -0.4 is 0 Å². The zero-order valence-corrected chi connectivity index (χ0v) is 7.46. The zero-order chi connectivity index (χ0) is 9.19. The molecule has 0 bridgehead atoms. The number of nitrogens with zero attached hydrogens (tertiary/aromatic N) is 1. The molecule has 0 aromatic carbocycles. The molecule has 0 radical (unpaired) electrons. The average molecular weight is 167 g/mol. The first kappa shape index (κ1) is 8.97. The summed E-state index contributed by atoms with van der Waals surface area (Å²) in [7, 11) is 0. The Hall–Kier alpha value is -1.12. The third-order valence-corrected chi connectivity index (χ3v) is 2.25. The van der Waals surface area contributed by atoms with Gasteiger partial charge in [-0.25, -0.2) is 9.79 Å². The van der Waals surface area contributed by atoms with Crippen LogP contribution in [0.3, 0.4) is 0 Å². The van der Waals surface area contributed by atoms with Crippen LogP contribution in [-0.4, -0.2) is 17.4 Å². The molecule has 1 aliphatic rings. The second kappa shape index (κ2) is 3.09. The summed E-state index contributed by atoms with van der Waals surface area (Å²) in [6, 6.07) is 0. The van der Waals surface area contributed by atoms with E-state index in [1.54, 1.807) is 0 Å². The van der Waals surface area contributed by atoms with E-state index in [1.165, 1.54) is 6.08 Å². The maximum Gasteiger partial charge on any atom is 0.340 e. The summed E-state index contributed by atoms with van der Waals surface area (Å²) in [6.45, 7) is 7.36. The van der Waals surface area contributed by atoms with Gasteiger partial charge in [0.15, 0.2) is 5.54 Å². The number of hydrogen-bond acceptors (Lipinski definition) is 3. The zero-order valence-electron chi connectivity index (χ0n) is 7.46. The van der Waals surface area contributed by atoms with Crippen LogP contribution in [-0.2, 0) is 9.53 Å². The standard InChI is InChI=1S/C9H13NO2/c1-4-7-10-9(5-2,6-3)8(11)12-7/h4H,1,5-6H2,2-3H3. The van der Waals surface area contributed by atoms with Gasteiger partial charge in [-0.05, 0) is 18.9 Å². The molecule has 0 aromatic rings. The average Bonchev–Trinajstić information content (AvgIpc) is 2.43. The highest BCUT2D eigenvalue weighted by molar-refractivity contribution is 6.04. The van der Waals surface area contributed by atoms with Crippen molar-refractivity contribution in [2.24, 2.45) is 4.99 Å². The molecule has 3 heteroatoms. The Morgan fingerprint density at radius 1 is 1.58 bits per heavy atom. The monoisotopic (exact) mass is 167 g/mol. The molecular weight excluding hydrogens is 154 g/mol. The lowest BCUT2D eigenvalue weighted by Gasteiger charge is -2.16. The molecule has 1 rings (SSSR count). The first-order chi connectivity index (χ1) is 5.68. The van der Waals surface area contributed by atoms with E-state index in [9.17, 15) is 4.79 Å². The first-order valence-corrected chi connectivity index (χ1v) is 4.13. The summed E-state index contributed by atoms with van der Waals surface area (Å²) in [4.78, 5) is 15.5. The Balaban J connectivity index is 2.96. The van der Waals surface area contributed by atoms with Gasteiger partial charge >= 0.3 is 5.97 Å². The Bertz CT molecular complexity index is 239. The van der Waals surface area contributed by atoms with Crippen LogP contribution in [0.1, 0.15) is 26.7 Å². The van der Waals surface area contributed by atoms with Gasteiger partial charge in [-0.2, -0.15) is 0 Å². The predicted octanol–water partition coefficient (Wildman–Crippen LogP) is 1.69. The summed E-state index contributed by atoms with van der Waals surface area (Å²) in [6.07, 6.45) is 2.82. The molecule has 0 atom stereocenters. The molecule has 0 fully saturated rings. The van der Waals surface area contributed by atoms with Crippen LogP contribution >= 0.6 is 0 Å². The molecule has 0 aromatic heterocycles. The van der Waals surface area contributed by atoms with Crippen molar-refractivity contribution in [2.45, 2.75) is 32.2 Å². The number of ether oxygens (including phenoxy) is 1. The number of rotatable bonds is 3. The molecule has 0 N–H and O–H groups in total. The quantitative estimate of drug-likeness (QED) is 0.600. The molecule has 0 spiro atoms. The molecule has 0 saturated heterocycles. The van der Waals surface area contributed by atoms with Crippen LogP contribution in [0.5, 0.6) is 0 Å². The summed E-state index contributed by atoms with van der Waals surface area (Å²) >= 11 is 0. The van der Waals surface area contributed by atoms with Gasteiger partial charge in [0.05, 0.1) is 0 Å². The number of carbonyl (C=O) groups excluding carboxylic acids is 1. The highest BCUT2D eigenvalue weighted by Gasteiger charge is 2.41. The number of cyclic esters (lactones) is 1. The molecule has 12 heavy (non-hydrogen) atoms. The lowest BCUT2D eigenvalue weighted by molar-refractivity contribution is -0.139. The van der Waals surface area contributed by atoms with Gasteiger partial charge < -0.3 is 4.74 Å². The van der Waals surface area contributed by atoms with Crippen molar-refractivity contribution < 1.29 is 9.53 Å². The smallest absolute Gasteiger partial charge is 0.340 e. The van der Waals surface area contributed by atoms with E-state index < -0.39 is 5.54 Å². The Labute approximate surface area is 72.1 Å². The minimum absolute atomic E-state index is 0.248. The summed E-state index contributed by atoms with van der Waals surface area (Å²) in [5.41, 5.74) is -0.635. The van der Waals surface area contributed by atoms with Gasteiger partial charge in [0.25, 0.3) is 0 Å². The molecule has 0 unspecified atom stereocenters. The molecule has 1 heterocycles. The van der Waals surface area contributed by atoms with Gasteiger partial charge in [-0.15, -0.1) is 0 Å². The van der Waals surface area contributed by atoms with Gasteiger partial charge in [-0.1, -0.05) is 20.4 Å². The Morgan fingerprint density at radius 2 is 2.17 bits per heavy atom. The van der Waals surface area contributed by atoms with Crippen molar-refractivity contribution in [3.8, 4) is 0 Å². The molecule has 0 amide bonds. The third-order valence-electron chi connectivity index (χ3n) is 2.25. The van der Waals surface area contributed by atoms with Crippen LogP contribution in [0, 0.1) is 0 Å². The fraction of sp³-hybridized carbons (Fsp3) is 0.556. The van der Waals surface area contributed by atoms with Crippen LogP contribution in [0.4, 0.5) is 0 Å². The summed E-state index contributed by atoms with van der Waals surface area (Å²) in [5.74, 6) is 0.103. The molecule has 3 nitrogen and oxygen atoms in total. The normalized spacial score (nSPS) is 20.2. The Kier molecular flexibility index (Phi) is 2.31. The Morgan fingerprint density at radius 3 is 2.42 bits per heavy atom. The van der Waals surface area contributed by atoms with E-state index >= 15 is 0 Å². The largest absolute Gasteiger partial charge is 0.406 e. The second-order valence-corrected chi connectivity index (χ2v) is 2.78. The van der Waals surface area contributed by atoms with Crippen LogP contribution in [0.15, 0.2) is 17.6 Å². The van der Waals surface area contributed by atoms with Gasteiger partial charge in [0.2, 0.25) is 5.90 Å². The van der Waals surface area contributed by atoms with Crippen molar-refractivity contribution in [1.29, 1.82) is 0 Å². The highest BCUT2D eigenvalue weighted by atomic mass is 16.6. The number of carbonyl (C=O) groups is 1. The van der Waals surface area contributed by atoms with Crippen molar-refractivity contribution in [3.05, 3.63) is 12.7 Å². The van der Waals surface area contributed by atoms with E-state index in [4.69, 9.17) is 4.74 Å². The summed E-state index contributed by atoms with van der Waals surface area (Å²) < 4.78 is 4.90. The third kappa shape index (κ3) is 1.15. The minimum atomic E-state index is -0.635. The topological polar surface area (TPSA) is 38.7 Å². The van der Waals surface area contributed by atoms with E-state index in [2.05, 4.69) is 11.6 Å². The van der Waals surface area contributed by atoms with E-state index in [0.717, 1.165) is 0 Å². The summed E-state index contributed by atoms with van der Waals surface area (Å²) in [5, 5.41) is 0. The van der Waals surface area contributed by atoms with Crippen LogP contribution in [0.2, 0.25) is 0 Å². The molecule has 1 aliphatic heterocycles. The first-order valence-electron chi connectivity index (χ1n) is 4.13.